The molecule has 3 heteroatoms. The van der Waals surface area contributed by atoms with Crippen molar-refractivity contribution in [3.05, 3.63) is 102 Å². The fraction of sp³-hybridized carbons (Fsp3) is 0.267. The molecule has 0 saturated carbocycles. The number of halogens is 1. The lowest BCUT2D eigenvalue weighted by molar-refractivity contribution is 0.304. The topological polar surface area (TPSA) is 12.5 Å². The van der Waals surface area contributed by atoms with E-state index in [1.165, 1.54) is 16.7 Å². The molecule has 0 unspecified atom stereocenters. The molecule has 0 aromatic heterocycles. The van der Waals surface area contributed by atoms with E-state index in [9.17, 15) is 0 Å². The molecule has 3 aromatic carbocycles. The van der Waals surface area contributed by atoms with E-state index < -0.39 is 0 Å². The summed E-state index contributed by atoms with van der Waals surface area (Å²) >= 11 is 0. The summed E-state index contributed by atoms with van der Waals surface area (Å²) in [6.07, 6.45) is 4.06. The van der Waals surface area contributed by atoms with Crippen LogP contribution in [0.5, 0.6) is 5.75 Å². The smallest absolute Gasteiger partial charge is 0.120 e. The number of benzene rings is 3. The zero-order valence-electron chi connectivity index (χ0n) is 20.0. The highest BCUT2D eigenvalue weighted by Crippen LogP contribution is 2.21. The predicted octanol–water partition coefficient (Wildman–Crippen LogP) is 7.39. The van der Waals surface area contributed by atoms with Gasteiger partial charge in [0.05, 0.1) is 0 Å². The third-order valence-electron chi connectivity index (χ3n) is 4.86. The number of likely N-dealkylation sites (N-methyl/N-ethyl adjacent to an activating group) is 1. The Kier molecular flexibility index (Phi) is 10.3. The van der Waals surface area contributed by atoms with Crippen LogP contribution in [0.15, 0.2) is 91.0 Å². The van der Waals surface area contributed by atoms with Gasteiger partial charge in [-0.2, -0.15) is 0 Å². The van der Waals surface area contributed by atoms with Crippen LogP contribution in [-0.4, -0.2) is 18.5 Å². The number of ether oxygens (including phenoxy) is 1. The van der Waals surface area contributed by atoms with Crippen LogP contribution in [0, 0.1) is 17.3 Å². The first-order valence-corrected chi connectivity index (χ1v) is 11.1. The lowest BCUT2D eigenvalue weighted by Crippen LogP contribution is -2.17. The molecule has 0 aliphatic rings. The number of allylic oxidation sites excluding steroid dienone is 1. The number of rotatable bonds is 8. The highest BCUT2D eigenvalue weighted by molar-refractivity contribution is 5.85. The van der Waals surface area contributed by atoms with Gasteiger partial charge in [0.1, 0.15) is 12.4 Å². The van der Waals surface area contributed by atoms with E-state index in [2.05, 4.69) is 117 Å². The molecule has 172 valence electrons. The highest BCUT2D eigenvalue weighted by atomic mass is 35.5. The maximum absolute atomic E-state index is 6.10. The molecule has 0 N–H and O–H groups in total. The van der Waals surface area contributed by atoms with Gasteiger partial charge in [0, 0.05) is 18.5 Å². The van der Waals surface area contributed by atoms with Gasteiger partial charge in [0.15, 0.2) is 0 Å². The third kappa shape index (κ3) is 9.58. The van der Waals surface area contributed by atoms with E-state index in [0.29, 0.717) is 6.61 Å². The zero-order chi connectivity index (χ0) is 22.8. The van der Waals surface area contributed by atoms with Gasteiger partial charge >= 0.3 is 0 Å². The summed E-state index contributed by atoms with van der Waals surface area (Å²) in [7, 11) is 2.12. The molecule has 0 bridgehead atoms. The minimum absolute atomic E-state index is 0. The quantitative estimate of drug-likeness (QED) is 0.325. The third-order valence-corrected chi connectivity index (χ3v) is 4.86. The summed E-state index contributed by atoms with van der Waals surface area (Å²) in [4.78, 5) is 2.26. The maximum Gasteiger partial charge on any atom is 0.120 e. The average Bonchev–Trinajstić information content (AvgIpc) is 2.78. The first kappa shape index (κ1) is 26.3. The van der Waals surface area contributed by atoms with Crippen molar-refractivity contribution in [2.24, 2.45) is 5.41 Å². The number of nitrogens with zero attached hydrogens (tertiary/aromatic N) is 1. The van der Waals surface area contributed by atoms with E-state index in [4.69, 9.17) is 4.74 Å². The Balaban J connectivity index is 0.00000385. The molecule has 33 heavy (non-hydrogen) atoms. The second-order valence-electron chi connectivity index (χ2n) is 9.12. The Morgan fingerprint density at radius 2 is 1.55 bits per heavy atom. The molecule has 0 aliphatic heterocycles. The van der Waals surface area contributed by atoms with Crippen molar-refractivity contribution in [1.82, 2.24) is 4.90 Å². The largest absolute Gasteiger partial charge is 0.489 e. The average molecular weight is 460 g/mol. The zero-order valence-corrected chi connectivity index (χ0v) is 20.9. The van der Waals surface area contributed by atoms with Crippen molar-refractivity contribution < 1.29 is 4.74 Å². The fourth-order valence-corrected chi connectivity index (χ4v) is 3.30. The van der Waals surface area contributed by atoms with Gasteiger partial charge in [-0.3, -0.25) is 4.90 Å². The van der Waals surface area contributed by atoms with Gasteiger partial charge in [0.2, 0.25) is 0 Å². The molecule has 0 radical (unpaired) electrons. The molecule has 0 aliphatic carbocycles. The lowest BCUT2D eigenvalue weighted by atomic mass is 9.98. The van der Waals surface area contributed by atoms with Crippen molar-refractivity contribution in [2.75, 3.05) is 13.6 Å². The Morgan fingerprint density at radius 1 is 0.848 bits per heavy atom. The summed E-state index contributed by atoms with van der Waals surface area (Å²) in [5, 5.41) is 0. The molecular formula is C30H34ClNO. The van der Waals surface area contributed by atoms with E-state index >= 15 is 0 Å². The van der Waals surface area contributed by atoms with Crippen LogP contribution in [0.25, 0.3) is 11.1 Å². The van der Waals surface area contributed by atoms with Crippen molar-refractivity contribution in [3.63, 3.8) is 0 Å². The minimum atomic E-state index is 0. The van der Waals surface area contributed by atoms with Crippen LogP contribution < -0.4 is 4.74 Å². The van der Waals surface area contributed by atoms with Gasteiger partial charge in [0.25, 0.3) is 0 Å². The SMILES string of the molecule is CN(CC=CC#CC(C)(C)C)Cc1cccc(OCc2cccc(-c3ccccc3)c2)c1.Cl. The molecule has 0 saturated heterocycles. The van der Waals surface area contributed by atoms with Gasteiger partial charge < -0.3 is 4.74 Å². The summed E-state index contributed by atoms with van der Waals surface area (Å²) in [5.41, 5.74) is 4.87. The fourth-order valence-electron chi connectivity index (χ4n) is 3.30. The van der Waals surface area contributed by atoms with E-state index in [1.54, 1.807) is 0 Å². The summed E-state index contributed by atoms with van der Waals surface area (Å²) in [6.45, 7) is 8.63. The molecular weight excluding hydrogens is 426 g/mol. The lowest BCUT2D eigenvalue weighted by Gasteiger charge is -2.15. The van der Waals surface area contributed by atoms with Gasteiger partial charge in [-0.1, -0.05) is 78.6 Å². The predicted molar refractivity (Wildman–Crippen MR) is 143 cm³/mol. The number of hydrogen-bond donors (Lipinski definition) is 0. The molecule has 2 nitrogen and oxygen atoms in total. The maximum atomic E-state index is 6.10. The summed E-state index contributed by atoms with van der Waals surface area (Å²) in [5.74, 6) is 7.24. The first-order valence-electron chi connectivity index (χ1n) is 11.1. The molecule has 0 heterocycles. The Hall–Kier alpha value is -2.99. The molecule has 3 rings (SSSR count). The van der Waals surface area contributed by atoms with Crippen molar-refractivity contribution >= 4 is 12.4 Å². The first-order chi connectivity index (χ1) is 15.4. The van der Waals surface area contributed by atoms with Crippen molar-refractivity contribution in [1.29, 1.82) is 0 Å². The minimum Gasteiger partial charge on any atom is -0.489 e. The van der Waals surface area contributed by atoms with E-state index in [-0.39, 0.29) is 17.8 Å². The summed E-state index contributed by atoms with van der Waals surface area (Å²) < 4.78 is 6.10. The van der Waals surface area contributed by atoms with Crippen LogP contribution >= 0.6 is 12.4 Å². The second-order valence-corrected chi connectivity index (χ2v) is 9.12. The van der Waals surface area contributed by atoms with Crippen LogP contribution in [0.2, 0.25) is 0 Å². The number of hydrogen-bond acceptors (Lipinski definition) is 2. The Morgan fingerprint density at radius 3 is 2.30 bits per heavy atom. The summed E-state index contributed by atoms with van der Waals surface area (Å²) in [6, 6.07) is 27.3. The van der Waals surface area contributed by atoms with Gasteiger partial charge in [-0.05, 0) is 74.3 Å². The van der Waals surface area contributed by atoms with Crippen LogP contribution in [0.4, 0.5) is 0 Å². The van der Waals surface area contributed by atoms with Gasteiger partial charge in [-0.15, -0.1) is 12.4 Å². The van der Waals surface area contributed by atoms with Crippen LogP contribution in [0.3, 0.4) is 0 Å². The Bertz CT molecular complexity index is 1090. The van der Waals surface area contributed by atoms with Crippen molar-refractivity contribution in [3.8, 4) is 28.7 Å². The standard InChI is InChI=1S/C30H33NO.ClH/c1-30(2,3)19-9-6-10-20-31(4)23-25-13-12-18-29(22-25)32-24-26-14-11-17-28(21-26)27-15-7-5-8-16-27;/h5-8,10-18,21-22H,20,23-24H2,1-4H3;1H. The van der Waals surface area contributed by atoms with Crippen molar-refractivity contribution in [2.45, 2.75) is 33.9 Å². The highest BCUT2D eigenvalue weighted by Gasteiger charge is 2.04. The molecule has 0 fully saturated rings. The monoisotopic (exact) mass is 459 g/mol. The Labute approximate surface area is 205 Å². The van der Waals surface area contributed by atoms with E-state index in [0.717, 1.165) is 24.4 Å². The van der Waals surface area contributed by atoms with Crippen LogP contribution in [0.1, 0.15) is 31.9 Å². The molecule has 3 aromatic rings. The van der Waals surface area contributed by atoms with Gasteiger partial charge in [-0.25, -0.2) is 0 Å². The normalized spacial score (nSPS) is 11.1. The molecule has 0 amide bonds. The molecule has 0 spiro atoms. The molecule has 0 atom stereocenters. The van der Waals surface area contributed by atoms with Crippen LogP contribution in [-0.2, 0) is 13.2 Å². The second kappa shape index (κ2) is 12.9. The van der Waals surface area contributed by atoms with E-state index in [1.807, 2.05) is 18.2 Å².